The molecule has 0 radical (unpaired) electrons. The second kappa shape index (κ2) is 4.08. The van der Waals surface area contributed by atoms with Crippen molar-refractivity contribution in [3.05, 3.63) is 39.9 Å². The molecule has 7 heteroatoms. The van der Waals surface area contributed by atoms with Gasteiger partial charge in [0.05, 0.1) is 0 Å². The van der Waals surface area contributed by atoms with Crippen molar-refractivity contribution < 1.29 is 18.5 Å². The Morgan fingerprint density at radius 1 is 1.41 bits per heavy atom. The van der Waals surface area contributed by atoms with Gasteiger partial charge in [0.1, 0.15) is 5.92 Å². The van der Waals surface area contributed by atoms with E-state index >= 15 is 0 Å². The molecule has 0 bridgehead atoms. The highest BCUT2D eigenvalue weighted by Crippen LogP contribution is 2.34. The fourth-order valence-corrected chi connectivity index (χ4v) is 1.51. The number of rotatable bonds is 3. The maximum absolute atomic E-state index is 12.8. The topological polar surface area (TPSA) is 72.2 Å². The first-order valence-corrected chi connectivity index (χ1v) is 4.88. The van der Waals surface area contributed by atoms with Gasteiger partial charge >= 0.3 is 0 Å². The minimum absolute atomic E-state index is 0.0860. The number of halogens is 2. The maximum atomic E-state index is 12.8. The Kier molecular flexibility index (Phi) is 2.74. The summed E-state index contributed by atoms with van der Waals surface area (Å²) in [6.07, 6.45) is 0.183. The number of nitrogens with zero attached hydrogens (tertiary/aromatic N) is 1. The third kappa shape index (κ3) is 2.38. The molecule has 1 N–H and O–H groups in total. The van der Waals surface area contributed by atoms with Crippen LogP contribution >= 0.6 is 0 Å². The predicted molar refractivity (Wildman–Crippen MR) is 53.9 cm³/mol. The highest BCUT2D eigenvalue weighted by atomic mass is 19.2. The first kappa shape index (κ1) is 11.4. The summed E-state index contributed by atoms with van der Waals surface area (Å²) in [6, 6.07) is 2.04. The van der Waals surface area contributed by atoms with E-state index in [9.17, 15) is 23.7 Å². The van der Waals surface area contributed by atoms with E-state index in [0.717, 1.165) is 12.1 Å². The normalized spacial score (nSPS) is 22.0. The van der Waals surface area contributed by atoms with E-state index in [1.165, 1.54) is 6.07 Å². The molecular weight excluding hydrogens is 234 g/mol. The van der Waals surface area contributed by atoms with Gasteiger partial charge in [-0.3, -0.25) is 14.9 Å². The number of carbonyl (C=O) groups excluding carboxylic acids is 1. The molecule has 1 aliphatic carbocycles. The minimum Gasteiger partial charge on any atom is -0.326 e. The molecule has 1 aromatic carbocycles. The van der Waals surface area contributed by atoms with Gasteiger partial charge in [-0.1, -0.05) is 0 Å². The van der Waals surface area contributed by atoms with Crippen LogP contribution < -0.4 is 5.32 Å². The lowest BCUT2D eigenvalue weighted by Gasteiger charge is -2.03. The number of amides is 1. The van der Waals surface area contributed by atoms with Crippen molar-refractivity contribution in [2.24, 2.45) is 5.92 Å². The Morgan fingerprint density at radius 2 is 2.12 bits per heavy atom. The highest BCUT2D eigenvalue weighted by molar-refractivity contribution is 5.94. The summed E-state index contributed by atoms with van der Waals surface area (Å²) in [5.41, 5.74) is 0.0860. The molecule has 90 valence electrons. The van der Waals surface area contributed by atoms with Crippen LogP contribution in [0.25, 0.3) is 0 Å². The van der Waals surface area contributed by atoms with Crippen LogP contribution in [0, 0.1) is 27.7 Å². The molecule has 1 fully saturated rings. The van der Waals surface area contributed by atoms with Gasteiger partial charge in [-0.2, -0.15) is 0 Å². The van der Waals surface area contributed by atoms with Crippen molar-refractivity contribution in [1.82, 2.24) is 0 Å². The van der Waals surface area contributed by atoms with Crippen LogP contribution in [0.15, 0.2) is 18.2 Å². The molecule has 0 aromatic heterocycles. The lowest BCUT2D eigenvalue weighted by molar-refractivity contribution is -0.497. The molecule has 0 saturated heterocycles. The molecule has 1 aliphatic rings. The van der Waals surface area contributed by atoms with E-state index < -0.39 is 34.4 Å². The zero-order valence-corrected chi connectivity index (χ0v) is 8.52. The van der Waals surface area contributed by atoms with Crippen molar-refractivity contribution in [3.8, 4) is 0 Å². The first-order valence-electron chi connectivity index (χ1n) is 4.88. The average molecular weight is 242 g/mol. The third-order valence-corrected chi connectivity index (χ3v) is 2.55. The molecular formula is C10H8F2N2O3. The number of nitro groups is 1. The van der Waals surface area contributed by atoms with E-state index in [4.69, 9.17) is 0 Å². The van der Waals surface area contributed by atoms with Crippen LogP contribution in [0.2, 0.25) is 0 Å². The maximum Gasteiger partial charge on any atom is 0.234 e. The van der Waals surface area contributed by atoms with Gasteiger partial charge in [0.2, 0.25) is 11.9 Å². The predicted octanol–water partition coefficient (Wildman–Crippen LogP) is 1.57. The molecule has 17 heavy (non-hydrogen) atoms. The fraction of sp³-hybridized carbons (Fsp3) is 0.300. The molecule has 5 nitrogen and oxygen atoms in total. The summed E-state index contributed by atoms with van der Waals surface area (Å²) in [6.45, 7) is 0. The van der Waals surface area contributed by atoms with E-state index in [1.54, 1.807) is 0 Å². The van der Waals surface area contributed by atoms with E-state index in [2.05, 4.69) is 5.32 Å². The fourth-order valence-electron chi connectivity index (χ4n) is 1.51. The lowest BCUT2D eigenvalue weighted by atomic mass is 10.3. The summed E-state index contributed by atoms with van der Waals surface area (Å²) in [4.78, 5) is 21.3. The smallest absolute Gasteiger partial charge is 0.234 e. The Hall–Kier alpha value is -2.05. The zero-order valence-electron chi connectivity index (χ0n) is 8.52. The standard InChI is InChI=1S/C10H8F2N2O3/c11-7-2-1-5(3-8(7)12)13-10(15)6-4-9(6)14(16)17/h1-3,6,9H,4H2,(H,13,15)/t6-,9-/m1/s1. The molecule has 1 aromatic rings. The first-order chi connectivity index (χ1) is 7.99. The number of hydrogen-bond donors (Lipinski definition) is 1. The Morgan fingerprint density at radius 3 is 2.65 bits per heavy atom. The summed E-state index contributed by atoms with van der Waals surface area (Å²) >= 11 is 0. The SMILES string of the molecule is O=C(Nc1ccc(F)c(F)c1)[C@@H]1C[C@H]1[N+](=O)[O-]. The summed E-state index contributed by atoms with van der Waals surface area (Å²) in [7, 11) is 0. The van der Waals surface area contributed by atoms with Crippen LogP contribution in [-0.4, -0.2) is 16.9 Å². The summed E-state index contributed by atoms with van der Waals surface area (Å²) in [5.74, 6) is -3.32. The van der Waals surface area contributed by atoms with E-state index in [0.29, 0.717) is 0 Å². The van der Waals surface area contributed by atoms with Crippen molar-refractivity contribution in [2.45, 2.75) is 12.5 Å². The van der Waals surface area contributed by atoms with Gasteiger partial charge in [-0.05, 0) is 12.1 Å². The van der Waals surface area contributed by atoms with Gasteiger partial charge in [-0.15, -0.1) is 0 Å². The Labute approximate surface area is 94.6 Å². The number of hydrogen-bond acceptors (Lipinski definition) is 3. The van der Waals surface area contributed by atoms with Crippen LogP contribution in [-0.2, 0) is 4.79 Å². The minimum atomic E-state index is -1.08. The average Bonchev–Trinajstić information content (AvgIpc) is 3.03. The van der Waals surface area contributed by atoms with Crippen molar-refractivity contribution in [3.63, 3.8) is 0 Å². The van der Waals surface area contributed by atoms with Gasteiger partial charge in [0.25, 0.3) is 0 Å². The summed E-state index contributed by atoms with van der Waals surface area (Å²) < 4.78 is 25.4. The van der Waals surface area contributed by atoms with Gasteiger partial charge in [-0.25, -0.2) is 8.78 Å². The molecule has 2 atom stereocenters. The van der Waals surface area contributed by atoms with Crippen LogP contribution in [0.1, 0.15) is 6.42 Å². The van der Waals surface area contributed by atoms with Crippen molar-refractivity contribution >= 4 is 11.6 Å². The Bertz CT molecular complexity index is 492. The zero-order chi connectivity index (χ0) is 12.6. The van der Waals surface area contributed by atoms with E-state index in [1.807, 2.05) is 0 Å². The van der Waals surface area contributed by atoms with Crippen LogP contribution in [0.3, 0.4) is 0 Å². The van der Waals surface area contributed by atoms with Crippen molar-refractivity contribution in [1.29, 1.82) is 0 Å². The van der Waals surface area contributed by atoms with Gasteiger partial charge < -0.3 is 5.32 Å². The monoisotopic (exact) mass is 242 g/mol. The number of benzene rings is 1. The molecule has 0 heterocycles. The second-order valence-electron chi connectivity index (χ2n) is 3.81. The molecule has 0 spiro atoms. The summed E-state index contributed by atoms with van der Waals surface area (Å²) in [5, 5.41) is 12.7. The lowest BCUT2D eigenvalue weighted by Crippen LogP contribution is -2.18. The molecule has 0 unspecified atom stereocenters. The van der Waals surface area contributed by atoms with Gasteiger partial charge in [0, 0.05) is 23.1 Å². The molecule has 1 saturated carbocycles. The van der Waals surface area contributed by atoms with Crippen LogP contribution in [0.4, 0.5) is 14.5 Å². The van der Waals surface area contributed by atoms with Gasteiger partial charge in [0.15, 0.2) is 11.6 Å². The number of nitrogens with one attached hydrogen (secondary N) is 1. The van der Waals surface area contributed by atoms with Crippen LogP contribution in [0.5, 0.6) is 0 Å². The number of carbonyl (C=O) groups is 1. The quantitative estimate of drug-likeness (QED) is 0.645. The third-order valence-electron chi connectivity index (χ3n) is 2.55. The molecule has 1 amide bonds. The van der Waals surface area contributed by atoms with Crippen molar-refractivity contribution in [2.75, 3.05) is 5.32 Å². The second-order valence-corrected chi connectivity index (χ2v) is 3.81. The number of anilines is 1. The largest absolute Gasteiger partial charge is 0.326 e. The van der Waals surface area contributed by atoms with E-state index in [-0.39, 0.29) is 12.1 Å². The molecule has 0 aliphatic heterocycles. The molecule has 2 rings (SSSR count). The Balaban J connectivity index is 2.00. The highest BCUT2D eigenvalue weighted by Gasteiger charge is 2.53.